The molecule has 1 heterocycles. The molecule has 0 spiro atoms. The van der Waals surface area contributed by atoms with E-state index >= 15 is 0 Å². The van der Waals surface area contributed by atoms with E-state index in [1.807, 2.05) is 4.90 Å². The molecule has 2 aliphatic rings. The van der Waals surface area contributed by atoms with Crippen molar-refractivity contribution >= 4 is 5.91 Å². The topological polar surface area (TPSA) is 29.5 Å². The molecule has 3 heteroatoms. The van der Waals surface area contributed by atoms with Crippen molar-refractivity contribution in [3.05, 3.63) is 0 Å². The first-order chi connectivity index (χ1) is 7.77. The van der Waals surface area contributed by atoms with Gasteiger partial charge in [0.2, 0.25) is 5.91 Å². The van der Waals surface area contributed by atoms with Gasteiger partial charge in [0.15, 0.2) is 0 Å². The summed E-state index contributed by atoms with van der Waals surface area (Å²) in [7, 11) is 0. The van der Waals surface area contributed by atoms with E-state index in [-0.39, 0.29) is 0 Å². The van der Waals surface area contributed by atoms with Crippen molar-refractivity contribution in [2.45, 2.75) is 39.0 Å². The van der Waals surface area contributed by atoms with Crippen LogP contribution in [0, 0.1) is 11.8 Å². The predicted molar refractivity (Wildman–Crippen MR) is 63.1 cm³/mol. The molecule has 0 aromatic carbocycles. The summed E-state index contributed by atoms with van der Waals surface area (Å²) in [5, 5.41) is 0. The quantitative estimate of drug-likeness (QED) is 0.720. The Morgan fingerprint density at radius 2 is 1.94 bits per heavy atom. The first-order valence-electron chi connectivity index (χ1n) is 6.63. The van der Waals surface area contributed by atoms with Crippen LogP contribution in [0.15, 0.2) is 0 Å². The van der Waals surface area contributed by atoms with Crippen molar-refractivity contribution in [3.8, 4) is 0 Å². The molecule has 0 bridgehead atoms. The number of carbonyl (C=O) groups is 1. The maximum atomic E-state index is 12.1. The minimum absolute atomic E-state index is 0.349. The minimum Gasteiger partial charge on any atom is -0.378 e. The van der Waals surface area contributed by atoms with Crippen molar-refractivity contribution in [2.75, 3.05) is 26.3 Å². The fourth-order valence-electron chi connectivity index (χ4n) is 2.86. The highest BCUT2D eigenvalue weighted by atomic mass is 16.5. The van der Waals surface area contributed by atoms with E-state index < -0.39 is 0 Å². The smallest absolute Gasteiger partial charge is 0.223 e. The summed E-state index contributed by atoms with van der Waals surface area (Å²) in [6.45, 7) is 5.31. The Labute approximate surface area is 98.1 Å². The van der Waals surface area contributed by atoms with Crippen molar-refractivity contribution in [3.63, 3.8) is 0 Å². The normalized spacial score (nSPS) is 31.4. The fourth-order valence-corrected chi connectivity index (χ4v) is 2.86. The molecule has 0 N–H and O–H groups in total. The van der Waals surface area contributed by atoms with Gasteiger partial charge in [0.1, 0.15) is 0 Å². The monoisotopic (exact) mass is 225 g/mol. The van der Waals surface area contributed by atoms with Gasteiger partial charge in [0, 0.05) is 19.5 Å². The van der Waals surface area contributed by atoms with Crippen LogP contribution < -0.4 is 0 Å². The number of amides is 1. The number of ether oxygens (including phenoxy) is 1. The van der Waals surface area contributed by atoms with E-state index in [1.54, 1.807) is 0 Å². The third-order valence-corrected chi connectivity index (χ3v) is 4.09. The van der Waals surface area contributed by atoms with Crippen molar-refractivity contribution < 1.29 is 9.53 Å². The zero-order chi connectivity index (χ0) is 11.4. The predicted octanol–water partition coefficient (Wildman–Crippen LogP) is 2.06. The van der Waals surface area contributed by atoms with E-state index in [0.29, 0.717) is 25.0 Å². The number of carbonyl (C=O) groups excluding carboxylic acids is 1. The molecule has 3 nitrogen and oxygen atoms in total. The minimum atomic E-state index is 0.349. The molecule has 1 saturated heterocycles. The fraction of sp³-hybridized carbons (Fsp3) is 0.923. The van der Waals surface area contributed by atoms with Crippen LogP contribution in [-0.2, 0) is 9.53 Å². The Morgan fingerprint density at radius 3 is 2.62 bits per heavy atom. The zero-order valence-corrected chi connectivity index (χ0v) is 10.3. The molecule has 2 rings (SSSR count). The van der Waals surface area contributed by atoms with Gasteiger partial charge in [-0.05, 0) is 18.3 Å². The van der Waals surface area contributed by atoms with Crippen LogP contribution in [0.3, 0.4) is 0 Å². The highest BCUT2D eigenvalue weighted by Gasteiger charge is 2.26. The van der Waals surface area contributed by atoms with E-state index in [1.165, 1.54) is 25.7 Å². The van der Waals surface area contributed by atoms with Crippen LogP contribution in [0.25, 0.3) is 0 Å². The van der Waals surface area contributed by atoms with Gasteiger partial charge in [-0.3, -0.25) is 4.79 Å². The van der Waals surface area contributed by atoms with Crippen LogP contribution >= 0.6 is 0 Å². The second-order valence-corrected chi connectivity index (χ2v) is 5.22. The average molecular weight is 225 g/mol. The Balaban J connectivity index is 1.80. The summed E-state index contributed by atoms with van der Waals surface area (Å²) in [6, 6.07) is 0. The Bertz CT molecular complexity index is 236. The third-order valence-electron chi connectivity index (χ3n) is 4.09. The van der Waals surface area contributed by atoms with Gasteiger partial charge >= 0.3 is 0 Å². The van der Waals surface area contributed by atoms with Gasteiger partial charge in [-0.1, -0.05) is 26.2 Å². The lowest BCUT2D eigenvalue weighted by atomic mass is 9.78. The molecular formula is C13H23NO2. The molecule has 2 atom stereocenters. The number of nitrogens with zero attached hydrogens (tertiary/aromatic N) is 1. The summed E-state index contributed by atoms with van der Waals surface area (Å²) >= 11 is 0. The number of rotatable bonds is 2. The van der Waals surface area contributed by atoms with Crippen molar-refractivity contribution in [1.82, 2.24) is 4.90 Å². The lowest BCUT2D eigenvalue weighted by Crippen LogP contribution is -2.41. The molecule has 0 radical (unpaired) electrons. The number of hydrogen-bond donors (Lipinski definition) is 0. The van der Waals surface area contributed by atoms with Gasteiger partial charge in [-0.25, -0.2) is 0 Å². The van der Waals surface area contributed by atoms with Crippen molar-refractivity contribution in [2.24, 2.45) is 11.8 Å². The summed E-state index contributed by atoms with van der Waals surface area (Å²) in [6.07, 6.45) is 5.98. The standard InChI is InChI=1S/C13H23NO2/c1-11-4-2-3-5-12(11)10-13(15)14-6-8-16-9-7-14/h11-12H,2-10H2,1H3. The average Bonchev–Trinajstić information content (AvgIpc) is 2.33. The van der Waals surface area contributed by atoms with E-state index in [2.05, 4.69) is 6.92 Å². The second kappa shape index (κ2) is 5.67. The molecule has 1 aliphatic carbocycles. The largest absolute Gasteiger partial charge is 0.378 e. The Morgan fingerprint density at radius 1 is 1.25 bits per heavy atom. The molecule has 16 heavy (non-hydrogen) atoms. The van der Waals surface area contributed by atoms with Crippen LogP contribution in [0.5, 0.6) is 0 Å². The molecule has 2 fully saturated rings. The zero-order valence-electron chi connectivity index (χ0n) is 10.3. The maximum Gasteiger partial charge on any atom is 0.223 e. The summed E-state index contributed by atoms with van der Waals surface area (Å²) < 4.78 is 5.27. The number of morpholine rings is 1. The molecule has 2 unspecified atom stereocenters. The van der Waals surface area contributed by atoms with Crippen LogP contribution in [0.1, 0.15) is 39.0 Å². The summed E-state index contributed by atoms with van der Waals surface area (Å²) in [5.41, 5.74) is 0. The first-order valence-corrected chi connectivity index (χ1v) is 6.63. The Hall–Kier alpha value is -0.570. The molecule has 0 aromatic heterocycles. The SMILES string of the molecule is CC1CCCCC1CC(=O)N1CCOCC1. The van der Waals surface area contributed by atoms with Crippen LogP contribution in [0.4, 0.5) is 0 Å². The van der Waals surface area contributed by atoms with Gasteiger partial charge < -0.3 is 9.64 Å². The molecule has 0 aromatic rings. The molecule has 92 valence electrons. The third kappa shape index (κ3) is 2.97. The highest BCUT2D eigenvalue weighted by molar-refractivity contribution is 5.76. The van der Waals surface area contributed by atoms with E-state index in [0.717, 1.165) is 25.4 Å². The van der Waals surface area contributed by atoms with E-state index in [9.17, 15) is 4.79 Å². The molecule has 1 aliphatic heterocycles. The lowest BCUT2D eigenvalue weighted by molar-refractivity contribution is -0.136. The molecule has 1 saturated carbocycles. The van der Waals surface area contributed by atoms with Crippen LogP contribution in [0.2, 0.25) is 0 Å². The van der Waals surface area contributed by atoms with Crippen LogP contribution in [-0.4, -0.2) is 37.1 Å². The molecular weight excluding hydrogens is 202 g/mol. The number of hydrogen-bond acceptors (Lipinski definition) is 2. The maximum absolute atomic E-state index is 12.1. The van der Waals surface area contributed by atoms with Crippen molar-refractivity contribution in [1.29, 1.82) is 0 Å². The second-order valence-electron chi connectivity index (χ2n) is 5.22. The van der Waals surface area contributed by atoms with Gasteiger partial charge in [0.25, 0.3) is 0 Å². The van der Waals surface area contributed by atoms with Gasteiger partial charge in [-0.15, -0.1) is 0 Å². The first kappa shape index (κ1) is 11.9. The molecule has 1 amide bonds. The Kier molecular flexibility index (Phi) is 4.22. The van der Waals surface area contributed by atoms with E-state index in [4.69, 9.17) is 4.74 Å². The highest BCUT2D eigenvalue weighted by Crippen LogP contribution is 2.32. The van der Waals surface area contributed by atoms with Gasteiger partial charge in [-0.2, -0.15) is 0 Å². The summed E-state index contributed by atoms with van der Waals surface area (Å²) in [4.78, 5) is 14.1. The van der Waals surface area contributed by atoms with Gasteiger partial charge in [0.05, 0.1) is 13.2 Å². The lowest BCUT2D eigenvalue weighted by Gasteiger charge is -2.32. The summed E-state index contributed by atoms with van der Waals surface area (Å²) in [5.74, 6) is 1.71.